The molecule has 0 saturated heterocycles. The highest BCUT2D eigenvalue weighted by molar-refractivity contribution is 5.40. The van der Waals surface area contributed by atoms with Gasteiger partial charge in [0.1, 0.15) is 0 Å². The van der Waals surface area contributed by atoms with E-state index in [1.54, 1.807) is 0 Å². The van der Waals surface area contributed by atoms with E-state index in [-0.39, 0.29) is 0 Å². The number of aryl methyl sites for hydroxylation is 4. The average Bonchev–Trinajstić information content (AvgIpc) is 2.65. The normalized spacial score (nSPS) is 10.8. The molecule has 2 heteroatoms. The maximum atomic E-state index is 5.74. The summed E-state index contributed by atoms with van der Waals surface area (Å²) in [7, 11) is 0. The quantitative estimate of drug-likeness (QED) is 0.552. The molecule has 26 heavy (non-hydrogen) atoms. The van der Waals surface area contributed by atoms with E-state index < -0.39 is 0 Å². The first-order valence-corrected chi connectivity index (χ1v) is 9.46. The summed E-state index contributed by atoms with van der Waals surface area (Å²) in [6.45, 7) is 0. The zero-order valence-electron chi connectivity index (χ0n) is 15.3. The molecule has 0 amide bonds. The summed E-state index contributed by atoms with van der Waals surface area (Å²) in [6, 6.07) is 25.5. The molecular formula is C24H28N2. The van der Waals surface area contributed by atoms with Gasteiger partial charge in [-0.25, -0.2) is 0 Å². The van der Waals surface area contributed by atoms with Crippen molar-refractivity contribution in [3.05, 3.63) is 95.1 Å². The number of hydrogen-bond acceptors (Lipinski definition) is 2. The van der Waals surface area contributed by atoms with Crippen LogP contribution in [0.1, 0.15) is 35.1 Å². The molecule has 0 heterocycles. The zero-order chi connectivity index (χ0) is 18.2. The number of nitrogens with two attached hydrogens (primary N) is 2. The molecule has 0 atom stereocenters. The molecule has 0 unspecified atom stereocenters. The highest BCUT2D eigenvalue weighted by Gasteiger charge is 2.00. The number of hydrogen-bond donors (Lipinski definition) is 2. The first kappa shape index (κ1) is 18.1. The Kier molecular flexibility index (Phi) is 6.32. The van der Waals surface area contributed by atoms with Gasteiger partial charge in [0, 0.05) is 11.4 Å². The lowest BCUT2D eigenvalue weighted by Crippen LogP contribution is -1.94. The largest absolute Gasteiger partial charge is 0.399 e. The van der Waals surface area contributed by atoms with E-state index in [4.69, 9.17) is 11.5 Å². The summed E-state index contributed by atoms with van der Waals surface area (Å²) in [5, 5.41) is 0. The van der Waals surface area contributed by atoms with E-state index in [1.807, 2.05) is 24.3 Å². The first-order valence-electron chi connectivity index (χ1n) is 9.46. The third kappa shape index (κ3) is 5.66. The van der Waals surface area contributed by atoms with Gasteiger partial charge < -0.3 is 11.5 Å². The number of benzene rings is 3. The number of anilines is 2. The first-order chi connectivity index (χ1) is 12.7. The van der Waals surface area contributed by atoms with Crippen LogP contribution in [0.4, 0.5) is 11.4 Å². The van der Waals surface area contributed by atoms with Crippen LogP contribution in [-0.2, 0) is 25.7 Å². The Bertz CT molecular complexity index is 738. The Morgan fingerprint density at radius 1 is 0.462 bits per heavy atom. The van der Waals surface area contributed by atoms with Crippen molar-refractivity contribution in [2.45, 2.75) is 38.5 Å². The van der Waals surface area contributed by atoms with E-state index in [2.05, 4.69) is 48.5 Å². The van der Waals surface area contributed by atoms with Crippen molar-refractivity contribution in [2.75, 3.05) is 11.5 Å². The predicted molar refractivity (Wildman–Crippen MR) is 112 cm³/mol. The molecule has 0 saturated carbocycles. The number of nitrogen functional groups attached to an aromatic ring is 2. The summed E-state index contributed by atoms with van der Waals surface area (Å²) in [6.07, 6.45) is 6.77. The Morgan fingerprint density at radius 3 is 1.27 bits per heavy atom. The van der Waals surface area contributed by atoms with Gasteiger partial charge in [0.2, 0.25) is 0 Å². The lowest BCUT2D eigenvalue weighted by Gasteiger charge is -2.07. The van der Waals surface area contributed by atoms with Crippen LogP contribution in [0.15, 0.2) is 72.8 Å². The fourth-order valence-electron chi connectivity index (χ4n) is 3.30. The van der Waals surface area contributed by atoms with Crippen molar-refractivity contribution in [3.63, 3.8) is 0 Å². The van der Waals surface area contributed by atoms with Gasteiger partial charge in [0.05, 0.1) is 0 Å². The summed E-state index contributed by atoms with van der Waals surface area (Å²) < 4.78 is 0. The monoisotopic (exact) mass is 344 g/mol. The lowest BCUT2D eigenvalue weighted by atomic mass is 9.99. The molecule has 0 aliphatic carbocycles. The van der Waals surface area contributed by atoms with E-state index in [0.29, 0.717) is 0 Å². The Morgan fingerprint density at radius 2 is 0.846 bits per heavy atom. The van der Waals surface area contributed by atoms with Gasteiger partial charge in [-0.15, -0.1) is 0 Å². The molecule has 0 bridgehead atoms. The van der Waals surface area contributed by atoms with Crippen LogP contribution in [0, 0.1) is 0 Å². The smallest absolute Gasteiger partial charge is 0.0314 e. The topological polar surface area (TPSA) is 52.0 Å². The second-order valence-corrected chi connectivity index (χ2v) is 7.01. The van der Waals surface area contributed by atoms with Crippen molar-refractivity contribution in [1.29, 1.82) is 0 Å². The molecule has 2 nitrogen and oxygen atoms in total. The molecule has 3 aromatic rings. The SMILES string of the molecule is Nc1ccc(CCCc2cccc(CCCc3ccc(N)cc3)c2)cc1. The molecule has 0 radical (unpaired) electrons. The van der Waals surface area contributed by atoms with Crippen LogP contribution in [-0.4, -0.2) is 0 Å². The van der Waals surface area contributed by atoms with E-state index in [0.717, 1.165) is 37.1 Å². The minimum absolute atomic E-state index is 0.834. The fraction of sp³-hybridized carbons (Fsp3) is 0.250. The highest BCUT2D eigenvalue weighted by atomic mass is 14.5. The van der Waals surface area contributed by atoms with Gasteiger partial charge in [0.15, 0.2) is 0 Å². The molecule has 0 aromatic heterocycles. The third-order valence-electron chi connectivity index (χ3n) is 4.81. The van der Waals surface area contributed by atoms with Gasteiger partial charge in [0.25, 0.3) is 0 Å². The summed E-state index contributed by atoms with van der Waals surface area (Å²) in [5.74, 6) is 0. The fourth-order valence-corrected chi connectivity index (χ4v) is 3.30. The van der Waals surface area contributed by atoms with Crippen molar-refractivity contribution >= 4 is 11.4 Å². The van der Waals surface area contributed by atoms with Gasteiger partial charge in [-0.2, -0.15) is 0 Å². The van der Waals surface area contributed by atoms with Crippen LogP contribution >= 0.6 is 0 Å². The molecule has 3 rings (SSSR count). The maximum Gasteiger partial charge on any atom is 0.0314 e. The van der Waals surface area contributed by atoms with Crippen LogP contribution in [0.2, 0.25) is 0 Å². The van der Waals surface area contributed by atoms with Gasteiger partial charge in [-0.3, -0.25) is 0 Å². The van der Waals surface area contributed by atoms with Crippen molar-refractivity contribution in [2.24, 2.45) is 0 Å². The van der Waals surface area contributed by atoms with Gasteiger partial charge >= 0.3 is 0 Å². The van der Waals surface area contributed by atoms with Crippen molar-refractivity contribution in [3.8, 4) is 0 Å². The maximum absolute atomic E-state index is 5.74. The van der Waals surface area contributed by atoms with Crippen LogP contribution in [0.5, 0.6) is 0 Å². The van der Waals surface area contributed by atoms with E-state index in [1.165, 1.54) is 35.1 Å². The van der Waals surface area contributed by atoms with Gasteiger partial charge in [-0.1, -0.05) is 48.5 Å². The summed E-state index contributed by atoms with van der Waals surface area (Å²) in [5.41, 5.74) is 18.7. The van der Waals surface area contributed by atoms with Crippen LogP contribution in [0.3, 0.4) is 0 Å². The molecule has 4 N–H and O–H groups in total. The van der Waals surface area contributed by atoms with E-state index in [9.17, 15) is 0 Å². The molecular weight excluding hydrogens is 316 g/mol. The minimum atomic E-state index is 0.834. The molecule has 0 fully saturated rings. The highest BCUT2D eigenvalue weighted by Crippen LogP contribution is 2.14. The Labute approximate surface area is 156 Å². The predicted octanol–water partition coefficient (Wildman–Crippen LogP) is 5.20. The molecule has 0 aliphatic heterocycles. The molecule has 0 spiro atoms. The lowest BCUT2D eigenvalue weighted by molar-refractivity contribution is 0.804. The van der Waals surface area contributed by atoms with Crippen molar-refractivity contribution in [1.82, 2.24) is 0 Å². The second-order valence-electron chi connectivity index (χ2n) is 7.01. The van der Waals surface area contributed by atoms with Gasteiger partial charge in [-0.05, 0) is 85.0 Å². The molecule has 3 aromatic carbocycles. The zero-order valence-corrected chi connectivity index (χ0v) is 15.3. The Hall–Kier alpha value is -2.74. The standard InChI is InChI=1S/C24H28N2/c25-23-14-10-19(11-15-23)4-1-6-21-8-3-9-22(18-21)7-2-5-20-12-16-24(26)17-13-20/h3,8-18H,1-2,4-7,25-26H2. The molecule has 0 aliphatic rings. The summed E-state index contributed by atoms with van der Waals surface area (Å²) in [4.78, 5) is 0. The van der Waals surface area contributed by atoms with E-state index >= 15 is 0 Å². The van der Waals surface area contributed by atoms with Crippen molar-refractivity contribution < 1.29 is 0 Å². The van der Waals surface area contributed by atoms with Crippen LogP contribution < -0.4 is 11.5 Å². The molecule has 134 valence electrons. The number of rotatable bonds is 8. The second kappa shape index (κ2) is 9.10. The third-order valence-corrected chi connectivity index (χ3v) is 4.81. The van der Waals surface area contributed by atoms with Crippen LogP contribution in [0.25, 0.3) is 0 Å². The summed E-state index contributed by atoms with van der Waals surface area (Å²) >= 11 is 0. The Balaban J connectivity index is 1.45. The minimum Gasteiger partial charge on any atom is -0.399 e. The average molecular weight is 345 g/mol.